The Balaban J connectivity index is 0.000000595. The van der Waals surface area contributed by atoms with Gasteiger partial charge in [-0.15, -0.1) is 0 Å². The van der Waals surface area contributed by atoms with E-state index in [2.05, 4.69) is 25.6 Å². The molecule has 2 heterocycles. The monoisotopic (exact) mass is 316 g/mol. The van der Waals surface area contributed by atoms with Gasteiger partial charge in [-0.1, -0.05) is 19.3 Å². The molecule has 1 aliphatic rings. The lowest BCUT2D eigenvalue weighted by molar-refractivity contribution is 0.461. The van der Waals surface area contributed by atoms with E-state index in [1.54, 1.807) is 0 Å². The van der Waals surface area contributed by atoms with Crippen LogP contribution in [0.25, 0.3) is 11.0 Å². The number of nitrogens with one attached hydrogen (secondary N) is 2. The summed E-state index contributed by atoms with van der Waals surface area (Å²) in [6.07, 6.45) is 6.25. The molecule has 1 aliphatic carbocycles. The number of fused-ring (bicyclic) bond motifs is 1. The molecule has 3 rings (SSSR count). The van der Waals surface area contributed by atoms with Crippen LogP contribution in [-0.4, -0.2) is 35.1 Å². The van der Waals surface area contributed by atoms with Gasteiger partial charge in [0.2, 0.25) is 5.95 Å². The van der Waals surface area contributed by atoms with Crippen LogP contribution in [0.4, 0.5) is 11.8 Å². The number of nitrogens with two attached hydrogens (primary N) is 1. The number of pyridine rings is 1. The Labute approximate surface area is 138 Å². The van der Waals surface area contributed by atoms with Crippen molar-refractivity contribution >= 4 is 22.8 Å². The lowest BCUT2D eigenvalue weighted by Gasteiger charge is -2.22. The van der Waals surface area contributed by atoms with Crippen LogP contribution in [0.3, 0.4) is 0 Å². The highest BCUT2D eigenvalue weighted by molar-refractivity contribution is 5.89. The first-order chi connectivity index (χ1) is 11.0. The van der Waals surface area contributed by atoms with Crippen LogP contribution in [-0.2, 0) is 0 Å². The van der Waals surface area contributed by atoms with Crippen LogP contribution in [0, 0.1) is 13.8 Å². The molecule has 4 N–H and O–H groups in total. The van der Waals surface area contributed by atoms with Crippen LogP contribution in [0.1, 0.15) is 43.4 Å². The predicted octanol–water partition coefficient (Wildman–Crippen LogP) is 2.80. The van der Waals surface area contributed by atoms with E-state index in [1.807, 2.05) is 34.0 Å². The third-order valence-electron chi connectivity index (χ3n) is 3.96. The van der Waals surface area contributed by atoms with Gasteiger partial charge in [0.1, 0.15) is 5.82 Å². The largest absolute Gasteiger partial charge is 0.383 e. The Morgan fingerprint density at radius 2 is 1.70 bits per heavy atom. The number of anilines is 2. The van der Waals surface area contributed by atoms with Gasteiger partial charge in [0.25, 0.3) is 0 Å². The first-order valence-electron chi connectivity index (χ1n) is 8.31. The topological polar surface area (TPSA) is 88.8 Å². The Hall–Kier alpha value is -1.95. The zero-order valence-corrected chi connectivity index (χ0v) is 14.6. The van der Waals surface area contributed by atoms with E-state index in [4.69, 9.17) is 5.73 Å². The minimum atomic E-state index is 0.464. The molecule has 0 spiro atoms. The average molecular weight is 316 g/mol. The van der Waals surface area contributed by atoms with Crippen molar-refractivity contribution < 1.29 is 0 Å². The smallest absolute Gasteiger partial charge is 0.226 e. The normalized spacial score (nSPS) is 15.1. The van der Waals surface area contributed by atoms with Crippen molar-refractivity contribution in [2.24, 2.45) is 0 Å². The third-order valence-corrected chi connectivity index (χ3v) is 3.96. The van der Waals surface area contributed by atoms with Crippen LogP contribution < -0.4 is 16.4 Å². The van der Waals surface area contributed by atoms with Gasteiger partial charge in [-0.05, 0) is 52.4 Å². The van der Waals surface area contributed by atoms with Crippen LogP contribution in [0.2, 0.25) is 0 Å². The summed E-state index contributed by atoms with van der Waals surface area (Å²) in [5, 5.41) is 7.03. The fourth-order valence-corrected chi connectivity index (χ4v) is 3.00. The Kier molecular flexibility index (Phi) is 6.10. The summed E-state index contributed by atoms with van der Waals surface area (Å²) in [6, 6.07) is 2.47. The number of nitrogens with zero attached hydrogens (tertiary/aromatic N) is 3. The minimum Gasteiger partial charge on any atom is -0.383 e. The molecule has 0 aliphatic heterocycles. The van der Waals surface area contributed by atoms with Crippen LogP contribution >= 0.6 is 0 Å². The highest BCUT2D eigenvalue weighted by atomic mass is 15.1. The van der Waals surface area contributed by atoms with Crippen molar-refractivity contribution in [2.75, 3.05) is 25.1 Å². The second-order valence-corrected chi connectivity index (χ2v) is 6.19. The summed E-state index contributed by atoms with van der Waals surface area (Å²) in [7, 11) is 3.75. The highest BCUT2D eigenvalue weighted by Gasteiger charge is 2.16. The maximum Gasteiger partial charge on any atom is 0.226 e. The number of hydrogen-bond donors (Lipinski definition) is 3. The fraction of sp³-hybridized carbons (Fsp3) is 0.588. The van der Waals surface area contributed by atoms with Gasteiger partial charge >= 0.3 is 0 Å². The molecule has 0 amide bonds. The summed E-state index contributed by atoms with van der Waals surface area (Å²) in [5.41, 5.74) is 8.80. The van der Waals surface area contributed by atoms with Gasteiger partial charge in [-0.2, -0.15) is 9.97 Å². The molecule has 0 atom stereocenters. The Morgan fingerprint density at radius 3 is 2.35 bits per heavy atom. The molecular formula is C17H28N6. The number of aromatic nitrogens is 3. The van der Waals surface area contributed by atoms with Crippen molar-refractivity contribution in [2.45, 2.75) is 52.0 Å². The fourth-order valence-electron chi connectivity index (χ4n) is 3.00. The van der Waals surface area contributed by atoms with Gasteiger partial charge in [0.05, 0.1) is 5.39 Å². The molecule has 126 valence electrons. The van der Waals surface area contributed by atoms with Crippen molar-refractivity contribution in [3.05, 3.63) is 17.3 Å². The first kappa shape index (κ1) is 17.4. The standard InChI is InChI=1S/C15H21N5.C2H7N/c1-9-8-10(2)17-14-12(9)13(16)19-15(20-14)18-11-6-4-3-5-7-11;1-3-2/h8,11H,3-7H2,1-2H3,(H3,16,17,18,19,20);3H,1-2H3. The summed E-state index contributed by atoms with van der Waals surface area (Å²) in [5.74, 6) is 1.12. The Morgan fingerprint density at radius 1 is 1.04 bits per heavy atom. The van der Waals surface area contributed by atoms with E-state index < -0.39 is 0 Å². The molecule has 6 heteroatoms. The van der Waals surface area contributed by atoms with E-state index in [1.165, 1.54) is 32.1 Å². The third kappa shape index (κ3) is 4.51. The van der Waals surface area contributed by atoms with Gasteiger partial charge in [-0.3, -0.25) is 0 Å². The zero-order chi connectivity index (χ0) is 16.8. The molecule has 0 aromatic carbocycles. The number of aryl methyl sites for hydroxylation is 2. The Bertz CT molecular complexity index is 649. The van der Waals surface area contributed by atoms with Crippen molar-refractivity contribution in [3.8, 4) is 0 Å². The highest BCUT2D eigenvalue weighted by Crippen LogP contribution is 2.25. The van der Waals surface area contributed by atoms with E-state index >= 15 is 0 Å². The van der Waals surface area contributed by atoms with Crippen LogP contribution in [0.15, 0.2) is 6.07 Å². The van der Waals surface area contributed by atoms with Gasteiger partial charge in [0, 0.05) is 11.7 Å². The zero-order valence-electron chi connectivity index (χ0n) is 14.6. The van der Waals surface area contributed by atoms with Gasteiger partial charge in [-0.25, -0.2) is 4.98 Å². The van der Waals surface area contributed by atoms with Crippen molar-refractivity contribution in [1.29, 1.82) is 0 Å². The quantitative estimate of drug-likeness (QED) is 0.789. The summed E-state index contributed by atoms with van der Waals surface area (Å²) in [6.45, 7) is 3.99. The number of rotatable bonds is 2. The van der Waals surface area contributed by atoms with Crippen LogP contribution in [0.5, 0.6) is 0 Å². The number of nitrogen functional groups attached to an aromatic ring is 1. The summed E-state index contributed by atoms with van der Waals surface area (Å²) < 4.78 is 0. The molecule has 0 radical (unpaired) electrons. The second kappa shape index (κ2) is 8.06. The first-order valence-corrected chi connectivity index (χ1v) is 8.31. The lowest BCUT2D eigenvalue weighted by atomic mass is 9.96. The average Bonchev–Trinajstić information content (AvgIpc) is 2.47. The van der Waals surface area contributed by atoms with E-state index in [0.717, 1.165) is 16.6 Å². The van der Waals surface area contributed by atoms with Crippen molar-refractivity contribution in [3.63, 3.8) is 0 Å². The molecule has 0 bridgehead atoms. The maximum atomic E-state index is 6.08. The van der Waals surface area contributed by atoms with Gasteiger partial charge < -0.3 is 16.4 Å². The summed E-state index contributed by atoms with van der Waals surface area (Å²) >= 11 is 0. The predicted molar refractivity (Wildman–Crippen MR) is 96.7 cm³/mol. The SMILES string of the molecule is CNC.Cc1cc(C)c2c(N)nc(NC3CCCCC3)nc2n1. The minimum absolute atomic E-state index is 0.464. The molecule has 0 saturated heterocycles. The lowest BCUT2D eigenvalue weighted by Crippen LogP contribution is -2.23. The van der Waals surface area contributed by atoms with E-state index in [-0.39, 0.29) is 0 Å². The number of hydrogen-bond acceptors (Lipinski definition) is 6. The molecular weight excluding hydrogens is 288 g/mol. The molecule has 6 nitrogen and oxygen atoms in total. The van der Waals surface area contributed by atoms with E-state index in [9.17, 15) is 0 Å². The molecule has 23 heavy (non-hydrogen) atoms. The molecule has 2 aromatic heterocycles. The molecule has 1 fully saturated rings. The molecule has 2 aromatic rings. The molecule has 1 saturated carbocycles. The van der Waals surface area contributed by atoms with Gasteiger partial charge in [0.15, 0.2) is 5.65 Å². The van der Waals surface area contributed by atoms with E-state index in [0.29, 0.717) is 23.5 Å². The summed E-state index contributed by atoms with van der Waals surface area (Å²) in [4.78, 5) is 13.4. The van der Waals surface area contributed by atoms with Crippen molar-refractivity contribution in [1.82, 2.24) is 20.3 Å². The maximum absolute atomic E-state index is 6.08. The molecule has 0 unspecified atom stereocenters. The second-order valence-electron chi connectivity index (χ2n) is 6.19.